The molecule has 0 bridgehead atoms. The first kappa shape index (κ1) is 25.9. The molecule has 0 spiro atoms. The Labute approximate surface area is 169 Å². The number of hydrogen-bond acceptors (Lipinski definition) is 4. The molecule has 5 heteroatoms. The van der Waals surface area contributed by atoms with E-state index in [4.69, 9.17) is 14.2 Å². The number of esters is 1. The molecule has 26 heavy (non-hydrogen) atoms. The van der Waals surface area contributed by atoms with Crippen LogP contribution in [0.2, 0.25) is 0 Å². The van der Waals surface area contributed by atoms with Crippen molar-refractivity contribution in [2.75, 3.05) is 38.4 Å². The monoisotopic (exact) mass is 436 g/mol. The Morgan fingerprint density at radius 3 is 1.85 bits per heavy atom. The molecule has 0 heterocycles. The van der Waals surface area contributed by atoms with E-state index in [-0.39, 0.29) is 5.97 Å². The van der Waals surface area contributed by atoms with Gasteiger partial charge in [0.15, 0.2) is 0 Å². The lowest BCUT2D eigenvalue weighted by molar-refractivity contribution is -0.145. The van der Waals surface area contributed by atoms with E-state index in [1.54, 1.807) is 0 Å². The van der Waals surface area contributed by atoms with Crippen molar-refractivity contribution < 1.29 is 19.0 Å². The van der Waals surface area contributed by atoms with Crippen molar-refractivity contribution in [1.29, 1.82) is 0 Å². The Morgan fingerprint density at radius 1 is 0.654 bits per heavy atom. The Morgan fingerprint density at radius 2 is 1.19 bits per heavy atom. The Hall–Kier alpha value is -0.130. The van der Waals surface area contributed by atoms with E-state index in [0.717, 1.165) is 31.2 Å². The third kappa shape index (κ3) is 21.9. The first-order valence-electron chi connectivity index (χ1n) is 10.7. The molecule has 0 aromatic rings. The smallest absolute Gasteiger partial charge is 0.305 e. The van der Waals surface area contributed by atoms with E-state index in [0.29, 0.717) is 32.8 Å². The van der Waals surface area contributed by atoms with E-state index >= 15 is 0 Å². The molecule has 0 unspecified atom stereocenters. The van der Waals surface area contributed by atoms with Crippen molar-refractivity contribution in [3.8, 4) is 0 Å². The maximum absolute atomic E-state index is 11.6. The van der Waals surface area contributed by atoms with Crippen LogP contribution >= 0.6 is 15.9 Å². The van der Waals surface area contributed by atoms with Gasteiger partial charge < -0.3 is 14.2 Å². The molecular weight excluding hydrogens is 396 g/mol. The number of carbonyl (C=O) groups is 1. The molecule has 0 aliphatic carbocycles. The molecule has 0 atom stereocenters. The maximum Gasteiger partial charge on any atom is 0.305 e. The van der Waals surface area contributed by atoms with Crippen LogP contribution in [0.1, 0.15) is 90.4 Å². The van der Waals surface area contributed by atoms with Crippen LogP contribution in [0.25, 0.3) is 0 Å². The SMILES string of the molecule is CCCCCCOCCOCCOC(=O)CCCCCCCCCCBr. The number of halogens is 1. The minimum atomic E-state index is -0.0990. The summed E-state index contributed by atoms with van der Waals surface area (Å²) in [6.07, 6.45) is 15.3. The molecule has 0 aromatic heterocycles. The largest absolute Gasteiger partial charge is 0.463 e. The summed E-state index contributed by atoms with van der Waals surface area (Å²) in [7, 11) is 0. The van der Waals surface area contributed by atoms with Gasteiger partial charge in [0.25, 0.3) is 0 Å². The first-order chi connectivity index (χ1) is 12.8. The third-order valence-electron chi connectivity index (χ3n) is 4.27. The zero-order valence-electron chi connectivity index (χ0n) is 16.9. The van der Waals surface area contributed by atoms with Crippen LogP contribution in [0.4, 0.5) is 0 Å². The minimum Gasteiger partial charge on any atom is -0.463 e. The molecule has 0 saturated carbocycles. The summed E-state index contributed by atoms with van der Waals surface area (Å²) in [5.74, 6) is -0.0990. The van der Waals surface area contributed by atoms with Gasteiger partial charge in [0.2, 0.25) is 0 Å². The van der Waals surface area contributed by atoms with Gasteiger partial charge in [-0.1, -0.05) is 80.6 Å². The number of ether oxygens (including phenoxy) is 3. The van der Waals surface area contributed by atoms with Gasteiger partial charge in [0.1, 0.15) is 6.61 Å². The zero-order chi connectivity index (χ0) is 19.1. The lowest BCUT2D eigenvalue weighted by atomic mass is 10.1. The molecule has 0 aromatic carbocycles. The Kier molecular flexibility index (Phi) is 22.8. The molecule has 0 fully saturated rings. The van der Waals surface area contributed by atoms with Crippen LogP contribution in [0.5, 0.6) is 0 Å². The summed E-state index contributed by atoms with van der Waals surface area (Å²) in [5.41, 5.74) is 0. The minimum absolute atomic E-state index is 0.0990. The number of rotatable bonds is 21. The maximum atomic E-state index is 11.6. The quantitative estimate of drug-likeness (QED) is 0.125. The van der Waals surface area contributed by atoms with Crippen LogP contribution in [-0.2, 0) is 19.0 Å². The topological polar surface area (TPSA) is 44.8 Å². The average molecular weight is 437 g/mol. The van der Waals surface area contributed by atoms with Gasteiger partial charge in [-0.05, 0) is 19.3 Å². The predicted octanol–water partition coefficient (Wildman–Crippen LogP) is 6.05. The van der Waals surface area contributed by atoms with Crippen molar-refractivity contribution in [1.82, 2.24) is 0 Å². The second-order valence-corrected chi connectivity index (χ2v) is 7.57. The summed E-state index contributed by atoms with van der Waals surface area (Å²) in [4.78, 5) is 11.6. The van der Waals surface area contributed by atoms with Crippen LogP contribution < -0.4 is 0 Å². The number of alkyl halides is 1. The molecule has 0 N–H and O–H groups in total. The molecule has 0 radical (unpaired) electrons. The Bertz CT molecular complexity index is 287. The fourth-order valence-corrected chi connectivity index (χ4v) is 3.06. The van der Waals surface area contributed by atoms with Crippen LogP contribution in [0.3, 0.4) is 0 Å². The van der Waals surface area contributed by atoms with E-state index in [9.17, 15) is 4.79 Å². The zero-order valence-corrected chi connectivity index (χ0v) is 18.5. The van der Waals surface area contributed by atoms with Crippen LogP contribution in [0, 0.1) is 0 Å². The van der Waals surface area contributed by atoms with E-state index in [1.165, 1.54) is 57.8 Å². The highest BCUT2D eigenvalue weighted by atomic mass is 79.9. The van der Waals surface area contributed by atoms with Gasteiger partial charge in [-0.15, -0.1) is 0 Å². The number of unbranched alkanes of at least 4 members (excludes halogenated alkanes) is 10. The molecule has 0 saturated heterocycles. The van der Waals surface area contributed by atoms with Gasteiger partial charge in [-0.2, -0.15) is 0 Å². The summed E-state index contributed by atoms with van der Waals surface area (Å²) < 4.78 is 16.1. The van der Waals surface area contributed by atoms with Gasteiger partial charge in [0, 0.05) is 18.4 Å². The molecule has 0 aliphatic heterocycles. The van der Waals surface area contributed by atoms with Crippen molar-refractivity contribution in [2.45, 2.75) is 90.4 Å². The van der Waals surface area contributed by atoms with Gasteiger partial charge in [-0.3, -0.25) is 4.79 Å². The second-order valence-electron chi connectivity index (χ2n) is 6.77. The highest BCUT2D eigenvalue weighted by molar-refractivity contribution is 9.09. The normalized spacial score (nSPS) is 11.0. The van der Waals surface area contributed by atoms with Crippen molar-refractivity contribution in [3.63, 3.8) is 0 Å². The average Bonchev–Trinajstić information content (AvgIpc) is 2.64. The lowest BCUT2D eigenvalue weighted by Gasteiger charge is -2.07. The highest BCUT2D eigenvalue weighted by Crippen LogP contribution is 2.10. The van der Waals surface area contributed by atoms with Gasteiger partial charge in [0.05, 0.1) is 19.8 Å². The van der Waals surface area contributed by atoms with Gasteiger partial charge in [-0.25, -0.2) is 0 Å². The number of hydrogen-bond donors (Lipinski definition) is 0. The predicted molar refractivity (Wildman–Crippen MR) is 112 cm³/mol. The molecule has 0 rings (SSSR count). The van der Waals surface area contributed by atoms with E-state index in [2.05, 4.69) is 22.9 Å². The van der Waals surface area contributed by atoms with Gasteiger partial charge >= 0.3 is 5.97 Å². The first-order valence-corrected chi connectivity index (χ1v) is 11.8. The van der Waals surface area contributed by atoms with E-state index < -0.39 is 0 Å². The van der Waals surface area contributed by atoms with E-state index in [1.807, 2.05) is 0 Å². The summed E-state index contributed by atoms with van der Waals surface area (Å²) >= 11 is 3.45. The molecule has 0 amide bonds. The molecular formula is C21H41BrO4. The third-order valence-corrected chi connectivity index (χ3v) is 4.83. The van der Waals surface area contributed by atoms with Crippen molar-refractivity contribution in [3.05, 3.63) is 0 Å². The summed E-state index contributed by atoms with van der Waals surface area (Å²) in [5, 5.41) is 1.12. The fourth-order valence-electron chi connectivity index (χ4n) is 2.66. The summed E-state index contributed by atoms with van der Waals surface area (Å²) in [6.45, 7) is 5.02. The van der Waals surface area contributed by atoms with Crippen molar-refractivity contribution >= 4 is 21.9 Å². The van der Waals surface area contributed by atoms with Crippen LogP contribution in [0.15, 0.2) is 0 Å². The number of carbonyl (C=O) groups excluding carboxylic acids is 1. The summed E-state index contributed by atoms with van der Waals surface area (Å²) in [6, 6.07) is 0. The fraction of sp³-hybridized carbons (Fsp3) is 0.952. The van der Waals surface area contributed by atoms with Crippen molar-refractivity contribution in [2.24, 2.45) is 0 Å². The molecule has 0 aliphatic rings. The Balaban J connectivity index is 3.13. The van der Waals surface area contributed by atoms with Crippen LogP contribution in [-0.4, -0.2) is 44.3 Å². The highest BCUT2D eigenvalue weighted by Gasteiger charge is 2.02. The lowest BCUT2D eigenvalue weighted by Crippen LogP contribution is -2.13. The second kappa shape index (κ2) is 22.9. The molecule has 156 valence electrons. The standard InChI is InChI=1S/C21H41BrO4/c1-2-3-4-13-16-24-17-18-25-19-20-26-21(23)14-11-9-7-5-6-8-10-12-15-22/h2-20H2,1H3. The molecule has 4 nitrogen and oxygen atoms in total.